The average molecular weight is 437 g/mol. The molecule has 1 saturated heterocycles. The summed E-state index contributed by atoms with van der Waals surface area (Å²) in [5.74, 6) is 0.734. The molecular weight excluding hydrogens is 412 g/mol. The molecule has 30 heavy (non-hydrogen) atoms. The Morgan fingerprint density at radius 1 is 1.13 bits per heavy atom. The van der Waals surface area contributed by atoms with Crippen LogP contribution in [-0.2, 0) is 16.8 Å². The van der Waals surface area contributed by atoms with Crippen molar-refractivity contribution < 1.29 is 9.53 Å². The average Bonchev–Trinajstić information content (AvgIpc) is 3.21. The number of aromatic nitrogens is 1. The second-order valence-corrected chi connectivity index (χ2v) is 9.99. The van der Waals surface area contributed by atoms with Crippen molar-refractivity contribution in [2.45, 2.75) is 32.7 Å². The van der Waals surface area contributed by atoms with Gasteiger partial charge in [0.2, 0.25) is 0 Å². The topological polar surface area (TPSA) is 43.3 Å². The number of carbonyl (C=O) groups excluding carboxylic acids is 1. The Morgan fingerprint density at radius 3 is 2.53 bits per heavy atom. The van der Waals surface area contributed by atoms with Crippen molar-refractivity contribution in [2.24, 2.45) is 0 Å². The summed E-state index contributed by atoms with van der Waals surface area (Å²) in [6.07, 6.45) is 3.98. The van der Waals surface area contributed by atoms with Gasteiger partial charge >= 0.3 is 0 Å². The van der Waals surface area contributed by atoms with Crippen LogP contribution >= 0.6 is 24.0 Å². The highest BCUT2D eigenvalue weighted by Crippen LogP contribution is 2.30. The van der Waals surface area contributed by atoms with Crippen LogP contribution in [0.15, 0.2) is 59.6 Å². The van der Waals surface area contributed by atoms with Gasteiger partial charge in [-0.1, -0.05) is 75.1 Å². The van der Waals surface area contributed by atoms with E-state index in [1.165, 1.54) is 17.3 Å². The second kappa shape index (κ2) is 8.28. The quantitative estimate of drug-likeness (QED) is 0.423. The summed E-state index contributed by atoms with van der Waals surface area (Å²) in [5.41, 5.74) is 3.54. The summed E-state index contributed by atoms with van der Waals surface area (Å²) in [4.78, 5) is 12.7. The third-order valence-electron chi connectivity index (χ3n) is 5.07. The number of thiocarbonyl (C=S) groups is 1. The number of fused-ring (bicyclic) bond motifs is 1. The largest absolute Gasteiger partial charge is 0.492 e. The van der Waals surface area contributed by atoms with Gasteiger partial charge in [0, 0.05) is 22.7 Å². The predicted octanol–water partition coefficient (Wildman–Crippen LogP) is 5.51. The number of nitrogens with zero attached hydrogens (tertiary/aromatic N) is 1. The van der Waals surface area contributed by atoms with Crippen LogP contribution in [0.4, 0.5) is 0 Å². The monoisotopic (exact) mass is 436 g/mol. The van der Waals surface area contributed by atoms with Crippen LogP contribution in [0.2, 0.25) is 0 Å². The lowest BCUT2D eigenvalue weighted by atomic mass is 9.87. The number of carbonyl (C=O) groups is 1. The van der Waals surface area contributed by atoms with E-state index in [1.54, 1.807) is 0 Å². The van der Waals surface area contributed by atoms with E-state index in [2.05, 4.69) is 61.1 Å². The van der Waals surface area contributed by atoms with Gasteiger partial charge in [0.1, 0.15) is 16.7 Å². The zero-order chi connectivity index (χ0) is 21.3. The van der Waals surface area contributed by atoms with Gasteiger partial charge in [-0.2, -0.15) is 0 Å². The normalized spacial score (nSPS) is 15.8. The van der Waals surface area contributed by atoms with Gasteiger partial charge in [-0.25, -0.2) is 0 Å². The Balaban J connectivity index is 1.50. The van der Waals surface area contributed by atoms with E-state index in [1.807, 2.05) is 30.3 Å². The molecule has 1 aliphatic heterocycles. The maximum absolute atomic E-state index is 12.0. The first-order valence-electron chi connectivity index (χ1n) is 9.87. The van der Waals surface area contributed by atoms with E-state index in [9.17, 15) is 4.79 Å². The van der Waals surface area contributed by atoms with Gasteiger partial charge in [0.15, 0.2) is 0 Å². The molecule has 3 aromatic rings. The molecule has 1 amide bonds. The Morgan fingerprint density at radius 2 is 1.87 bits per heavy atom. The highest BCUT2D eigenvalue weighted by molar-refractivity contribution is 8.26. The van der Waals surface area contributed by atoms with E-state index < -0.39 is 0 Å². The van der Waals surface area contributed by atoms with Crippen LogP contribution in [-0.4, -0.2) is 21.4 Å². The van der Waals surface area contributed by atoms with E-state index in [0.29, 0.717) is 22.4 Å². The van der Waals surface area contributed by atoms with Gasteiger partial charge < -0.3 is 14.6 Å². The SMILES string of the molecule is CC(C)(C)c1ccc(OCCn2cc(/C=C3/SC(=S)NC3=O)c3ccccc32)cc1. The highest BCUT2D eigenvalue weighted by atomic mass is 32.2. The number of thioether (sulfide) groups is 1. The number of hydrogen-bond acceptors (Lipinski definition) is 4. The molecule has 0 radical (unpaired) electrons. The Bertz CT molecular complexity index is 1140. The molecule has 0 atom stereocenters. The van der Waals surface area contributed by atoms with Crippen LogP contribution < -0.4 is 10.1 Å². The summed E-state index contributed by atoms with van der Waals surface area (Å²) < 4.78 is 8.65. The van der Waals surface area contributed by atoms with Gasteiger partial charge in [-0.15, -0.1) is 0 Å². The lowest BCUT2D eigenvalue weighted by Gasteiger charge is -2.19. The lowest BCUT2D eigenvalue weighted by Crippen LogP contribution is -2.17. The molecular formula is C24H24N2O2S2. The van der Waals surface area contributed by atoms with Crippen LogP contribution in [0.3, 0.4) is 0 Å². The first-order valence-corrected chi connectivity index (χ1v) is 11.1. The third-order valence-corrected chi connectivity index (χ3v) is 6.23. The minimum absolute atomic E-state index is 0.131. The molecule has 0 spiro atoms. The Hall–Kier alpha value is -2.57. The van der Waals surface area contributed by atoms with Crippen molar-refractivity contribution in [3.8, 4) is 5.75 Å². The molecule has 0 bridgehead atoms. The second-order valence-electron chi connectivity index (χ2n) is 8.27. The van der Waals surface area contributed by atoms with Crippen LogP contribution in [0, 0.1) is 0 Å². The number of para-hydroxylation sites is 1. The molecule has 1 N–H and O–H groups in total. The van der Waals surface area contributed by atoms with Crippen molar-refractivity contribution >= 4 is 51.2 Å². The molecule has 2 heterocycles. The molecule has 4 rings (SSSR count). The maximum Gasteiger partial charge on any atom is 0.263 e. The Labute approximate surface area is 186 Å². The van der Waals surface area contributed by atoms with Crippen LogP contribution in [0.5, 0.6) is 5.75 Å². The standard InChI is InChI=1S/C24H24N2O2S2/c1-24(2,3)17-8-10-18(11-9-17)28-13-12-26-15-16(19-6-4-5-7-20(19)26)14-21-22(27)25-23(29)30-21/h4-11,14-15H,12-13H2,1-3H3,(H,25,27,29)/b21-14+. The predicted molar refractivity (Wildman–Crippen MR) is 129 cm³/mol. The highest BCUT2D eigenvalue weighted by Gasteiger charge is 2.22. The van der Waals surface area contributed by atoms with Crippen LogP contribution in [0.25, 0.3) is 17.0 Å². The molecule has 0 aliphatic carbocycles. The fourth-order valence-corrected chi connectivity index (χ4v) is 4.49. The first kappa shape index (κ1) is 20.7. The number of ether oxygens (including phenoxy) is 1. The zero-order valence-corrected chi connectivity index (χ0v) is 18.9. The van der Waals surface area contributed by atoms with Gasteiger partial charge in [-0.3, -0.25) is 4.79 Å². The molecule has 1 fully saturated rings. The number of amides is 1. The third kappa shape index (κ3) is 4.45. The van der Waals surface area contributed by atoms with Gasteiger partial charge in [0.05, 0.1) is 11.4 Å². The van der Waals surface area contributed by atoms with Gasteiger partial charge in [0.25, 0.3) is 5.91 Å². The molecule has 0 saturated carbocycles. The molecule has 2 aromatic carbocycles. The summed E-state index contributed by atoms with van der Waals surface area (Å²) >= 11 is 6.39. The lowest BCUT2D eigenvalue weighted by molar-refractivity contribution is -0.115. The first-order chi connectivity index (χ1) is 14.3. The minimum atomic E-state index is -0.135. The van der Waals surface area contributed by atoms with Crippen molar-refractivity contribution in [3.05, 3.63) is 70.8 Å². The molecule has 4 nitrogen and oxygen atoms in total. The molecule has 154 valence electrons. The number of benzene rings is 2. The van der Waals surface area contributed by atoms with E-state index in [4.69, 9.17) is 17.0 Å². The number of hydrogen-bond donors (Lipinski definition) is 1. The van der Waals surface area contributed by atoms with Crippen molar-refractivity contribution in [2.75, 3.05) is 6.61 Å². The Kier molecular flexibility index (Phi) is 5.71. The maximum atomic E-state index is 12.0. The fourth-order valence-electron chi connectivity index (χ4n) is 3.45. The summed E-state index contributed by atoms with van der Waals surface area (Å²) in [6.45, 7) is 7.88. The van der Waals surface area contributed by atoms with Gasteiger partial charge in [-0.05, 0) is 35.3 Å². The smallest absolute Gasteiger partial charge is 0.263 e. The van der Waals surface area contributed by atoms with E-state index >= 15 is 0 Å². The van der Waals surface area contributed by atoms with E-state index in [-0.39, 0.29) is 11.3 Å². The number of rotatable bonds is 5. The van der Waals surface area contributed by atoms with Crippen LogP contribution in [0.1, 0.15) is 31.9 Å². The fraction of sp³-hybridized carbons (Fsp3) is 0.250. The summed E-state index contributed by atoms with van der Waals surface area (Å²) in [7, 11) is 0. The van der Waals surface area contributed by atoms with Crippen molar-refractivity contribution in [1.29, 1.82) is 0 Å². The molecule has 0 unspecified atom stereocenters. The van der Waals surface area contributed by atoms with Crippen molar-refractivity contribution in [3.63, 3.8) is 0 Å². The summed E-state index contributed by atoms with van der Waals surface area (Å²) in [6, 6.07) is 16.5. The zero-order valence-electron chi connectivity index (χ0n) is 17.3. The molecule has 6 heteroatoms. The van der Waals surface area contributed by atoms with Crippen molar-refractivity contribution in [1.82, 2.24) is 9.88 Å². The molecule has 1 aliphatic rings. The molecule has 1 aromatic heterocycles. The van der Waals surface area contributed by atoms with E-state index in [0.717, 1.165) is 22.2 Å². The minimum Gasteiger partial charge on any atom is -0.492 e. The number of nitrogens with one attached hydrogen (secondary N) is 1. The summed E-state index contributed by atoms with van der Waals surface area (Å²) in [5, 5.41) is 3.77.